The Morgan fingerprint density at radius 3 is 1.38 bits per heavy atom. The number of nitrogens with zero attached hydrogens (tertiary/aromatic N) is 1. The Morgan fingerprint density at radius 1 is 0.655 bits per heavy atom. The maximum absolute atomic E-state index is 8.93. The van der Waals surface area contributed by atoms with Crippen LogP contribution in [0.25, 0.3) is 0 Å². The Kier molecular flexibility index (Phi) is 19.8. The molecule has 29 heavy (non-hydrogen) atoms. The van der Waals surface area contributed by atoms with E-state index >= 15 is 0 Å². The van der Waals surface area contributed by atoms with Crippen molar-refractivity contribution in [2.24, 2.45) is 0 Å². The van der Waals surface area contributed by atoms with Gasteiger partial charge in [0.25, 0.3) is 0 Å². The number of hydrogen-bond acceptors (Lipinski definition) is 1. The smallest absolute Gasteiger partial charge is 0.0621 e. The average Bonchev–Trinajstić information content (AvgIpc) is 2.69. The van der Waals surface area contributed by atoms with Gasteiger partial charge in [0.2, 0.25) is 0 Å². The first-order valence-electron chi connectivity index (χ1n) is 13.2. The molecule has 3 heteroatoms. The largest absolute Gasteiger partial charge is 0.198 e. The molecule has 0 saturated carbocycles. The van der Waals surface area contributed by atoms with E-state index in [-0.39, 0.29) is 8.80 Å². The van der Waals surface area contributed by atoms with Crippen molar-refractivity contribution in [3.63, 3.8) is 0 Å². The van der Waals surface area contributed by atoms with Gasteiger partial charge in [-0.25, -0.2) is 0 Å². The fourth-order valence-corrected chi connectivity index (χ4v) is 12.6. The molecule has 0 aromatic heterocycles. The van der Waals surface area contributed by atoms with E-state index in [0.717, 1.165) is 12.8 Å². The van der Waals surface area contributed by atoms with E-state index in [9.17, 15) is 0 Å². The molecule has 0 amide bonds. The Balaban J connectivity index is 3.71. The number of nitriles is 1. The molecular weight excluding hydrogens is 382 g/mol. The minimum Gasteiger partial charge on any atom is -0.198 e. The van der Waals surface area contributed by atoms with Gasteiger partial charge in [0.1, 0.15) is 0 Å². The van der Waals surface area contributed by atoms with Crippen molar-refractivity contribution in [2.75, 3.05) is 0 Å². The van der Waals surface area contributed by atoms with Crippen molar-refractivity contribution < 1.29 is 0 Å². The molecule has 1 nitrogen and oxygen atoms in total. The van der Waals surface area contributed by atoms with Crippen LogP contribution < -0.4 is 0 Å². The monoisotopic (exact) mass is 436 g/mol. The SMILES string of the molecule is CCCCCCCCCCCCCCCCCC(CCCC#N)([Si](C)C)[SiH](C)C. The highest BCUT2D eigenvalue weighted by molar-refractivity contribution is 6.80. The van der Waals surface area contributed by atoms with Gasteiger partial charge in [0.15, 0.2) is 0 Å². The van der Waals surface area contributed by atoms with E-state index in [1.807, 2.05) is 0 Å². The summed E-state index contributed by atoms with van der Waals surface area (Å²) in [6.45, 7) is 12.5. The number of hydrogen-bond donors (Lipinski definition) is 0. The highest BCUT2D eigenvalue weighted by Gasteiger charge is 2.37. The van der Waals surface area contributed by atoms with Gasteiger partial charge in [-0.1, -0.05) is 142 Å². The first-order valence-corrected chi connectivity index (χ1v) is 18.6. The van der Waals surface area contributed by atoms with E-state index in [1.165, 1.54) is 109 Å². The topological polar surface area (TPSA) is 23.8 Å². The van der Waals surface area contributed by atoms with E-state index in [0.29, 0.717) is 4.66 Å². The summed E-state index contributed by atoms with van der Waals surface area (Å²) >= 11 is 0. The van der Waals surface area contributed by atoms with Gasteiger partial charge in [0, 0.05) is 24.0 Å². The molecule has 0 heterocycles. The highest BCUT2D eigenvalue weighted by Crippen LogP contribution is 2.44. The zero-order valence-corrected chi connectivity index (χ0v) is 23.1. The van der Waals surface area contributed by atoms with Crippen molar-refractivity contribution in [3.8, 4) is 6.07 Å². The van der Waals surface area contributed by atoms with Crippen LogP contribution in [-0.4, -0.2) is 17.6 Å². The van der Waals surface area contributed by atoms with Gasteiger partial charge < -0.3 is 0 Å². The predicted molar refractivity (Wildman–Crippen MR) is 138 cm³/mol. The Bertz CT molecular complexity index is 379. The molecule has 0 aromatic carbocycles. The molecule has 0 aliphatic rings. The summed E-state index contributed by atoms with van der Waals surface area (Å²) in [5, 5.41) is 8.93. The van der Waals surface area contributed by atoms with Crippen LogP contribution in [0.5, 0.6) is 0 Å². The Hall–Kier alpha value is -0.0762. The van der Waals surface area contributed by atoms with Crippen LogP contribution in [0, 0.1) is 11.3 Å². The molecule has 0 rings (SSSR count). The summed E-state index contributed by atoms with van der Waals surface area (Å²) in [5.74, 6) is 0. The van der Waals surface area contributed by atoms with E-state index in [2.05, 4.69) is 39.2 Å². The van der Waals surface area contributed by atoms with Crippen LogP contribution in [-0.2, 0) is 0 Å². The molecule has 0 bridgehead atoms. The first-order chi connectivity index (χ1) is 14.0. The van der Waals surface area contributed by atoms with Gasteiger partial charge in [-0.2, -0.15) is 5.26 Å². The second-order valence-electron chi connectivity index (χ2n) is 10.0. The van der Waals surface area contributed by atoms with Crippen LogP contribution >= 0.6 is 0 Å². The fourth-order valence-electron chi connectivity index (χ4n) is 5.07. The first kappa shape index (κ1) is 28.9. The van der Waals surface area contributed by atoms with Crippen LogP contribution in [0.3, 0.4) is 0 Å². The fraction of sp³-hybridized carbons (Fsp3) is 0.962. The summed E-state index contributed by atoms with van der Waals surface area (Å²) in [7, 11) is -0.957. The Morgan fingerprint density at radius 2 is 1.03 bits per heavy atom. The van der Waals surface area contributed by atoms with Crippen LogP contribution in [0.2, 0.25) is 30.8 Å². The van der Waals surface area contributed by atoms with E-state index in [1.54, 1.807) is 0 Å². The normalized spacial score (nSPS) is 12.1. The third-order valence-corrected chi connectivity index (χ3v) is 16.0. The maximum atomic E-state index is 8.93. The average molecular weight is 437 g/mol. The third-order valence-electron chi connectivity index (χ3n) is 7.24. The lowest BCUT2D eigenvalue weighted by atomic mass is 10.0. The maximum Gasteiger partial charge on any atom is 0.0621 e. The summed E-state index contributed by atoms with van der Waals surface area (Å²) in [5.41, 5.74) is 0. The Labute approximate surface area is 188 Å². The molecule has 0 saturated heterocycles. The van der Waals surface area contributed by atoms with Crippen LogP contribution in [0.4, 0.5) is 0 Å². The van der Waals surface area contributed by atoms with Crippen molar-refractivity contribution in [3.05, 3.63) is 0 Å². The molecule has 0 spiro atoms. The zero-order chi connectivity index (χ0) is 21.8. The molecule has 0 aliphatic carbocycles. The molecule has 0 aromatic rings. The van der Waals surface area contributed by atoms with E-state index in [4.69, 9.17) is 5.26 Å². The molecule has 1 unspecified atom stereocenters. The lowest BCUT2D eigenvalue weighted by molar-refractivity contribution is 0.505. The van der Waals surface area contributed by atoms with Gasteiger partial charge >= 0.3 is 0 Å². The lowest BCUT2D eigenvalue weighted by Crippen LogP contribution is -2.38. The summed E-state index contributed by atoms with van der Waals surface area (Å²) < 4.78 is 0.679. The quantitative estimate of drug-likeness (QED) is 0.130. The van der Waals surface area contributed by atoms with Crippen LogP contribution in [0.1, 0.15) is 129 Å². The lowest BCUT2D eigenvalue weighted by Gasteiger charge is -2.41. The third kappa shape index (κ3) is 14.5. The minimum absolute atomic E-state index is 0.279. The number of rotatable bonds is 21. The highest BCUT2D eigenvalue weighted by atomic mass is 28.3. The second kappa shape index (κ2) is 19.9. The number of unbranched alkanes of at least 4 members (excludes halogenated alkanes) is 15. The van der Waals surface area contributed by atoms with Crippen molar-refractivity contribution in [2.45, 2.75) is 160 Å². The van der Waals surface area contributed by atoms with Crippen molar-refractivity contribution in [1.82, 2.24) is 0 Å². The summed E-state index contributed by atoms with van der Waals surface area (Å²) in [6.07, 6.45) is 26.4. The molecular formula is C26H54NSi2. The zero-order valence-electron chi connectivity index (χ0n) is 21.0. The van der Waals surface area contributed by atoms with Crippen molar-refractivity contribution >= 4 is 17.6 Å². The summed E-state index contributed by atoms with van der Waals surface area (Å²) in [4.78, 5) is 0. The van der Waals surface area contributed by atoms with Gasteiger partial charge in [-0.15, -0.1) is 0 Å². The van der Waals surface area contributed by atoms with E-state index < -0.39 is 8.80 Å². The van der Waals surface area contributed by atoms with Crippen LogP contribution in [0.15, 0.2) is 0 Å². The molecule has 1 atom stereocenters. The summed E-state index contributed by atoms with van der Waals surface area (Å²) in [6, 6.07) is 2.37. The van der Waals surface area contributed by atoms with Gasteiger partial charge in [-0.3, -0.25) is 0 Å². The second-order valence-corrected chi connectivity index (χ2v) is 17.0. The standard InChI is InChI=1S/C26H54NSi2/c1-6-7-8-9-10-11-12-13-14-15-16-17-18-19-20-23-26(28(2)3,29(4)5)24-21-22-25-27/h28H,6-24H2,1-5H3. The molecule has 1 radical (unpaired) electrons. The predicted octanol–water partition coefficient (Wildman–Crippen LogP) is 9.46. The van der Waals surface area contributed by atoms with Gasteiger partial charge in [-0.05, 0) is 11.1 Å². The minimum atomic E-state index is -0.679. The molecule has 171 valence electrons. The molecule has 0 aliphatic heterocycles. The molecule has 0 N–H and O–H groups in total. The van der Waals surface area contributed by atoms with Crippen molar-refractivity contribution in [1.29, 1.82) is 5.26 Å². The molecule has 0 fully saturated rings. The van der Waals surface area contributed by atoms with Gasteiger partial charge in [0.05, 0.1) is 6.07 Å².